The van der Waals surface area contributed by atoms with Crippen molar-refractivity contribution in [3.05, 3.63) is 59.4 Å². The molecule has 20 heavy (non-hydrogen) atoms. The van der Waals surface area contributed by atoms with Crippen LogP contribution in [0.15, 0.2) is 36.4 Å². The number of benzene rings is 2. The summed E-state index contributed by atoms with van der Waals surface area (Å²) < 4.78 is 39.3. The van der Waals surface area contributed by atoms with E-state index in [0.717, 1.165) is 17.7 Å². The Morgan fingerprint density at radius 3 is 2.45 bits per heavy atom. The normalized spacial score (nSPS) is 10.2. The van der Waals surface area contributed by atoms with Gasteiger partial charge in [0.1, 0.15) is 0 Å². The molecule has 2 aromatic carbocycles. The van der Waals surface area contributed by atoms with E-state index >= 15 is 0 Å². The van der Waals surface area contributed by atoms with Crippen molar-refractivity contribution in [2.45, 2.75) is 6.92 Å². The zero-order valence-electron chi connectivity index (χ0n) is 10.5. The summed E-state index contributed by atoms with van der Waals surface area (Å²) in [6, 6.07) is 9.28. The molecular formula is C14H11F3N2S. The highest BCUT2D eigenvalue weighted by atomic mass is 32.1. The van der Waals surface area contributed by atoms with E-state index in [0.29, 0.717) is 5.69 Å². The van der Waals surface area contributed by atoms with Crippen molar-refractivity contribution in [2.24, 2.45) is 0 Å². The predicted molar refractivity (Wildman–Crippen MR) is 77.3 cm³/mol. The summed E-state index contributed by atoms with van der Waals surface area (Å²) in [4.78, 5) is 0. The van der Waals surface area contributed by atoms with Gasteiger partial charge in [-0.2, -0.15) is 0 Å². The third kappa shape index (κ3) is 3.27. The molecule has 0 bridgehead atoms. The predicted octanol–water partition coefficient (Wildman–Crippen LogP) is 4.22. The summed E-state index contributed by atoms with van der Waals surface area (Å²) >= 11 is 4.99. The van der Waals surface area contributed by atoms with Gasteiger partial charge < -0.3 is 10.6 Å². The fourth-order valence-electron chi connectivity index (χ4n) is 1.63. The van der Waals surface area contributed by atoms with E-state index in [2.05, 4.69) is 10.6 Å². The Morgan fingerprint density at radius 2 is 1.75 bits per heavy atom. The molecule has 0 saturated carbocycles. The molecule has 2 aromatic rings. The lowest BCUT2D eigenvalue weighted by Crippen LogP contribution is -2.20. The maximum absolute atomic E-state index is 13.5. The summed E-state index contributed by atoms with van der Waals surface area (Å²) in [6.07, 6.45) is 0. The van der Waals surface area contributed by atoms with Crippen LogP contribution in [0.4, 0.5) is 24.5 Å². The molecule has 0 radical (unpaired) electrons. The second-order valence-corrected chi connectivity index (χ2v) is 4.58. The first-order valence-electron chi connectivity index (χ1n) is 5.75. The van der Waals surface area contributed by atoms with Crippen molar-refractivity contribution in [1.82, 2.24) is 0 Å². The van der Waals surface area contributed by atoms with Gasteiger partial charge in [0.15, 0.2) is 22.6 Å². The molecule has 0 aromatic heterocycles. The van der Waals surface area contributed by atoms with E-state index < -0.39 is 17.5 Å². The van der Waals surface area contributed by atoms with E-state index in [-0.39, 0.29) is 10.8 Å². The maximum Gasteiger partial charge on any atom is 0.196 e. The van der Waals surface area contributed by atoms with Crippen LogP contribution in [0, 0.1) is 24.4 Å². The van der Waals surface area contributed by atoms with Crippen LogP contribution in [0.3, 0.4) is 0 Å². The number of nitrogens with one attached hydrogen (secondary N) is 2. The van der Waals surface area contributed by atoms with Crippen LogP contribution in [-0.2, 0) is 0 Å². The number of halogens is 3. The van der Waals surface area contributed by atoms with E-state index in [1.54, 1.807) is 6.07 Å². The van der Waals surface area contributed by atoms with Crippen LogP contribution in [0.2, 0.25) is 0 Å². The van der Waals surface area contributed by atoms with Crippen LogP contribution in [0.1, 0.15) is 5.56 Å². The summed E-state index contributed by atoms with van der Waals surface area (Å²) in [7, 11) is 0. The van der Waals surface area contributed by atoms with Crippen LogP contribution in [-0.4, -0.2) is 5.11 Å². The van der Waals surface area contributed by atoms with Gasteiger partial charge in [0, 0.05) is 5.69 Å². The average molecular weight is 296 g/mol. The van der Waals surface area contributed by atoms with E-state index in [9.17, 15) is 13.2 Å². The Morgan fingerprint density at radius 1 is 1.00 bits per heavy atom. The first kappa shape index (κ1) is 14.3. The Bertz CT molecular complexity index is 659. The molecule has 6 heteroatoms. The van der Waals surface area contributed by atoms with Crippen LogP contribution >= 0.6 is 12.2 Å². The Labute approximate surface area is 119 Å². The molecule has 0 fully saturated rings. The lowest BCUT2D eigenvalue weighted by Gasteiger charge is -2.12. The molecule has 0 heterocycles. The zero-order valence-corrected chi connectivity index (χ0v) is 11.3. The van der Waals surface area contributed by atoms with Crippen molar-refractivity contribution in [2.75, 3.05) is 10.6 Å². The number of hydrogen-bond donors (Lipinski definition) is 2. The first-order chi connectivity index (χ1) is 9.47. The number of aryl methyl sites for hydroxylation is 1. The molecule has 2 N–H and O–H groups in total. The summed E-state index contributed by atoms with van der Waals surface area (Å²) in [5.41, 5.74) is 1.51. The molecular weight excluding hydrogens is 285 g/mol. The molecule has 0 aliphatic rings. The maximum atomic E-state index is 13.5. The Hall–Kier alpha value is -2.08. The highest BCUT2D eigenvalue weighted by Crippen LogP contribution is 2.20. The molecule has 104 valence electrons. The minimum Gasteiger partial charge on any atom is -0.332 e. The third-order valence-corrected chi connectivity index (χ3v) is 2.76. The van der Waals surface area contributed by atoms with Gasteiger partial charge >= 0.3 is 0 Å². The van der Waals surface area contributed by atoms with Gasteiger partial charge in [-0.15, -0.1) is 0 Å². The molecule has 0 amide bonds. The fraction of sp³-hybridized carbons (Fsp3) is 0.0714. The van der Waals surface area contributed by atoms with Crippen molar-refractivity contribution in [3.8, 4) is 0 Å². The monoisotopic (exact) mass is 296 g/mol. The molecule has 0 spiro atoms. The number of anilines is 2. The number of thiocarbonyl (C=S) groups is 1. The Balaban J connectivity index is 2.11. The topological polar surface area (TPSA) is 24.1 Å². The van der Waals surface area contributed by atoms with Gasteiger partial charge in [0.2, 0.25) is 0 Å². The molecule has 0 aliphatic heterocycles. The van der Waals surface area contributed by atoms with Crippen LogP contribution in [0.5, 0.6) is 0 Å². The molecule has 0 saturated heterocycles. The fourth-order valence-corrected chi connectivity index (χ4v) is 1.86. The van der Waals surface area contributed by atoms with E-state index in [4.69, 9.17) is 12.2 Å². The molecule has 0 atom stereocenters. The first-order valence-corrected chi connectivity index (χ1v) is 6.16. The van der Waals surface area contributed by atoms with Crippen molar-refractivity contribution in [3.63, 3.8) is 0 Å². The standard InChI is InChI=1S/C14H11F3N2S/c1-8-3-2-4-9(7-8)18-14(20)19-11-6-5-10(15)12(16)13(11)17/h2-7H,1H3,(H2,18,19,20). The van der Waals surface area contributed by atoms with Gasteiger partial charge in [0.25, 0.3) is 0 Å². The average Bonchev–Trinajstić information content (AvgIpc) is 2.39. The second-order valence-electron chi connectivity index (χ2n) is 4.17. The van der Waals surface area contributed by atoms with Gasteiger partial charge in [0.05, 0.1) is 5.69 Å². The van der Waals surface area contributed by atoms with Crippen LogP contribution in [0.25, 0.3) is 0 Å². The van der Waals surface area contributed by atoms with Gasteiger partial charge in [-0.25, -0.2) is 13.2 Å². The number of rotatable bonds is 2. The van der Waals surface area contributed by atoms with E-state index in [1.165, 1.54) is 0 Å². The third-order valence-electron chi connectivity index (χ3n) is 2.56. The van der Waals surface area contributed by atoms with Gasteiger partial charge in [-0.05, 0) is 49.0 Å². The zero-order chi connectivity index (χ0) is 14.7. The smallest absolute Gasteiger partial charge is 0.196 e. The minimum absolute atomic E-state index is 0.0838. The summed E-state index contributed by atoms with van der Waals surface area (Å²) in [6.45, 7) is 1.91. The van der Waals surface area contributed by atoms with Crippen LogP contribution < -0.4 is 10.6 Å². The largest absolute Gasteiger partial charge is 0.332 e. The SMILES string of the molecule is Cc1cccc(NC(=S)Nc2ccc(F)c(F)c2F)c1. The minimum atomic E-state index is -1.53. The highest BCUT2D eigenvalue weighted by Gasteiger charge is 2.14. The van der Waals surface area contributed by atoms with Crippen molar-refractivity contribution >= 4 is 28.7 Å². The van der Waals surface area contributed by atoms with E-state index in [1.807, 2.05) is 25.1 Å². The lowest BCUT2D eigenvalue weighted by molar-refractivity contribution is 0.449. The molecule has 2 rings (SSSR count). The van der Waals surface area contributed by atoms with Crippen molar-refractivity contribution < 1.29 is 13.2 Å². The molecule has 0 unspecified atom stereocenters. The highest BCUT2D eigenvalue weighted by molar-refractivity contribution is 7.80. The summed E-state index contributed by atoms with van der Waals surface area (Å²) in [5.74, 6) is -4.09. The van der Waals surface area contributed by atoms with Gasteiger partial charge in [-0.3, -0.25) is 0 Å². The summed E-state index contributed by atoms with van der Waals surface area (Å²) in [5, 5.41) is 5.40. The van der Waals surface area contributed by atoms with Gasteiger partial charge in [-0.1, -0.05) is 12.1 Å². The quantitative estimate of drug-likeness (QED) is 0.641. The number of hydrogen-bond acceptors (Lipinski definition) is 1. The Kier molecular flexibility index (Phi) is 4.24. The lowest BCUT2D eigenvalue weighted by atomic mass is 10.2. The second kappa shape index (κ2) is 5.92. The molecule has 0 aliphatic carbocycles. The molecule has 2 nitrogen and oxygen atoms in total. The van der Waals surface area contributed by atoms with Crippen molar-refractivity contribution in [1.29, 1.82) is 0 Å².